The predicted octanol–water partition coefficient (Wildman–Crippen LogP) is 1.27. The van der Waals surface area contributed by atoms with Crippen molar-refractivity contribution in [1.29, 1.82) is 0 Å². The summed E-state index contributed by atoms with van der Waals surface area (Å²) < 4.78 is 0. The van der Waals surface area contributed by atoms with E-state index in [1.807, 2.05) is 30.3 Å². The number of hydrogen-bond acceptors (Lipinski definition) is 4. The number of hydrazine groups is 1. The summed E-state index contributed by atoms with van der Waals surface area (Å²) in [5.74, 6) is -1.01. The van der Waals surface area contributed by atoms with E-state index in [1.165, 1.54) is 12.1 Å². The molecule has 0 unspecified atom stereocenters. The van der Waals surface area contributed by atoms with E-state index in [4.69, 9.17) is 12.2 Å². The molecule has 0 spiro atoms. The summed E-state index contributed by atoms with van der Waals surface area (Å²) in [6.07, 6.45) is 0.177. The lowest BCUT2D eigenvalue weighted by atomic mass is 10.1. The fraction of sp³-hybridized carbons (Fsp3) is 0.0625. The molecule has 2 aromatic rings. The van der Waals surface area contributed by atoms with E-state index in [9.17, 15) is 14.7 Å². The molecule has 7 heteroatoms. The predicted molar refractivity (Wildman–Crippen MR) is 89.6 cm³/mol. The van der Waals surface area contributed by atoms with Crippen LogP contribution >= 0.6 is 12.2 Å². The van der Waals surface area contributed by atoms with Crippen molar-refractivity contribution >= 4 is 29.1 Å². The lowest BCUT2D eigenvalue weighted by Gasteiger charge is -2.11. The normalized spacial score (nSPS) is 9.74. The number of hydrogen-bond donors (Lipinski definition) is 4. The highest BCUT2D eigenvalue weighted by Gasteiger charge is 2.11. The minimum atomic E-state index is -0.567. The summed E-state index contributed by atoms with van der Waals surface area (Å²) in [5.41, 5.74) is 5.67. The Morgan fingerprint density at radius 3 is 2.30 bits per heavy atom. The molecule has 23 heavy (non-hydrogen) atoms. The summed E-state index contributed by atoms with van der Waals surface area (Å²) in [4.78, 5) is 23.6. The van der Waals surface area contributed by atoms with Gasteiger partial charge in [-0.05, 0) is 29.9 Å². The van der Waals surface area contributed by atoms with Crippen LogP contribution < -0.4 is 16.2 Å². The minimum Gasteiger partial charge on any atom is -0.507 e. The average molecular weight is 329 g/mol. The fourth-order valence-corrected chi connectivity index (χ4v) is 1.99. The Morgan fingerprint density at radius 1 is 0.957 bits per heavy atom. The molecule has 0 saturated carbocycles. The maximum atomic E-state index is 11.8. The van der Waals surface area contributed by atoms with Crippen LogP contribution in [0, 0.1) is 0 Å². The van der Waals surface area contributed by atoms with Gasteiger partial charge in [-0.2, -0.15) is 0 Å². The third-order valence-corrected chi connectivity index (χ3v) is 3.10. The molecule has 0 aliphatic rings. The van der Waals surface area contributed by atoms with E-state index < -0.39 is 5.91 Å². The van der Waals surface area contributed by atoms with Crippen molar-refractivity contribution in [3.05, 3.63) is 65.7 Å². The largest absolute Gasteiger partial charge is 0.507 e. The Kier molecular flexibility index (Phi) is 5.65. The summed E-state index contributed by atoms with van der Waals surface area (Å²) in [7, 11) is 0. The van der Waals surface area contributed by atoms with Gasteiger partial charge in [-0.25, -0.2) is 0 Å². The van der Waals surface area contributed by atoms with Crippen LogP contribution in [0.25, 0.3) is 0 Å². The SMILES string of the molecule is O=C(Cc1ccccc1)NC(=S)NNC(=O)c1ccccc1O. The first kappa shape index (κ1) is 16.4. The second kappa shape index (κ2) is 7.90. The van der Waals surface area contributed by atoms with Gasteiger partial charge in [0, 0.05) is 0 Å². The molecule has 2 aromatic carbocycles. The summed E-state index contributed by atoms with van der Waals surface area (Å²) >= 11 is 4.93. The van der Waals surface area contributed by atoms with E-state index in [0.717, 1.165) is 5.56 Å². The second-order valence-corrected chi connectivity index (χ2v) is 5.04. The van der Waals surface area contributed by atoms with Crippen molar-refractivity contribution in [2.75, 3.05) is 0 Å². The maximum Gasteiger partial charge on any atom is 0.273 e. The van der Waals surface area contributed by atoms with E-state index in [0.29, 0.717) is 0 Å². The van der Waals surface area contributed by atoms with Crippen molar-refractivity contribution in [1.82, 2.24) is 16.2 Å². The van der Waals surface area contributed by atoms with E-state index in [2.05, 4.69) is 16.2 Å². The number of benzene rings is 2. The van der Waals surface area contributed by atoms with Crippen molar-refractivity contribution in [2.24, 2.45) is 0 Å². The zero-order chi connectivity index (χ0) is 16.7. The highest BCUT2D eigenvalue weighted by molar-refractivity contribution is 7.80. The average Bonchev–Trinajstić information content (AvgIpc) is 2.54. The molecule has 0 aliphatic heterocycles. The molecule has 0 atom stereocenters. The minimum absolute atomic E-state index is 0.0327. The summed E-state index contributed by atoms with van der Waals surface area (Å²) in [6, 6.07) is 15.3. The van der Waals surface area contributed by atoms with Crippen LogP contribution in [-0.2, 0) is 11.2 Å². The zero-order valence-electron chi connectivity index (χ0n) is 12.1. The van der Waals surface area contributed by atoms with E-state index in [1.54, 1.807) is 12.1 Å². The van der Waals surface area contributed by atoms with Gasteiger partial charge in [0.05, 0.1) is 12.0 Å². The van der Waals surface area contributed by atoms with Gasteiger partial charge in [-0.15, -0.1) is 0 Å². The first-order chi connectivity index (χ1) is 11.1. The molecular weight excluding hydrogens is 314 g/mol. The molecule has 0 bridgehead atoms. The number of para-hydroxylation sites is 1. The quantitative estimate of drug-likeness (QED) is 0.503. The lowest BCUT2D eigenvalue weighted by molar-refractivity contribution is -0.119. The number of carbonyl (C=O) groups is 2. The standard InChI is InChI=1S/C16H15N3O3S/c20-13-9-5-4-8-12(13)15(22)18-19-16(23)17-14(21)10-11-6-2-1-3-7-11/h1-9,20H,10H2,(H,18,22)(H2,17,19,21,23). The number of nitrogens with one attached hydrogen (secondary N) is 3. The van der Waals surface area contributed by atoms with Crippen molar-refractivity contribution in [3.8, 4) is 5.75 Å². The number of thiocarbonyl (C=S) groups is 1. The molecule has 0 aliphatic carbocycles. The van der Waals surface area contributed by atoms with Gasteiger partial charge >= 0.3 is 0 Å². The van der Waals surface area contributed by atoms with E-state index >= 15 is 0 Å². The first-order valence-electron chi connectivity index (χ1n) is 6.78. The van der Waals surface area contributed by atoms with Crippen molar-refractivity contribution < 1.29 is 14.7 Å². The fourth-order valence-electron chi connectivity index (χ4n) is 1.83. The summed E-state index contributed by atoms with van der Waals surface area (Å²) in [6.45, 7) is 0. The summed E-state index contributed by atoms with van der Waals surface area (Å²) in [5, 5.41) is 12.0. The topological polar surface area (TPSA) is 90.5 Å². The van der Waals surface area contributed by atoms with Gasteiger partial charge in [0.15, 0.2) is 5.11 Å². The highest BCUT2D eigenvalue weighted by atomic mass is 32.1. The third kappa shape index (κ3) is 5.08. The Morgan fingerprint density at radius 2 is 1.61 bits per heavy atom. The Labute approximate surface area is 138 Å². The number of aromatic hydroxyl groups is 1. The molecule has 0 aromatic heterocycles. The second-order valence-electron chi connectivity index (χ2n) is 4.64. The molecule has 6 nitrogen and oxygen atoms in total. The van der Waals surface area contributed by atoms with Crippen LogP contribution in [0.2, 0.25) is 0 Å². The Balaban J connectivity index is 1.80. The van der Waals surface area contributed by atoms with Crippen LogP contribution in [-0.4, -0.2) is 22.0 Å². The number of phenols is 1. The van der Waals surface area contributed by atoms with Gasteiger partial charge in [-0.3, -0.25) is 20.4 Å². The number of rotatable bonds is 3. The molecule has 0 radical (unpaired) electrons. The van der Waals surface area contributed by atoms with Crippen LogP contribution in [0.5, 0.6) is 5.75 Å². The highest BCUT2D eigenvalue weighted by Crippen LogP contribution is 2.14. The van der Waals surface area contributed by atoms with E-state index in [-0.39, 0.29) is 28.8 Å². The Hall–Kier alpha value is -2.93. The molecule has 2 rings (SSSR count). The van der Waals surface area contributed by atoms with Gasteiger partial charge < -0.3 is 10.4 Å². The third-order valence-electron chi connectivity index (χ3n) is 2.90. The van der Waals surface area contributed by atoms with Crippen molar-refractivity contribution in [3.63, 3.8) is 0 Å². The van der Waals surface area contributed by atoms with Crippen LogP contribution in [0.15, 0.2) is 54.6 Å². The van der Waals surface area contributed by atoms with Gasteiger partial charge in [-0.1, -0.05) is 42.5 Å². The molecule has 0 heterocycles. The smallest absolute Gasteiger partial charge is 0.273 e. The molecule has 118 valence electrons. The molecule has 0 fully saturated rings. The molecular formula is C16H15N3O3S. The number of phenolic OH excluding ortho intramolecular Hbond substituents is 1. The van der Waals surface area contributed by atoms with Gasteiger partial charge in [0.1, 0.15) is 5.75 Å². The molecule has 2 amide bonds. The zero-order valence-corrected chi connectivity index (χ0v) is 12.9. The maximum absolute atomic E-state index is 11.8. The lowest BCUT2D eigenvalue weighted by Crippen LogP contribution is -2.48. The first-order valence-corrected chi connectivity index (χ1v) is 7.19. The number of carbonyl (C=O) groups excluding carboxylic acids is 2. The molecule has 0 saturated heterocycles. The number of amides is 2. The van der Waals surface area contributed by atoms with Gasteiger partial charge in [0.2, 0.25) is 5.91 Å². The van der Waals surface area contributed by atoms with Crippen molar-refractivity contribution in [2.45, 2.75) is 6.42 Å². The monoisotopic (exact) mass is 329 g/mol. The molecule has 4 N–H and O–H groups in total. The van der Waals surface area contributed by atoms with Crippen LogP contribution in [0.1, 0.15) is 15.9 Å². The van der Waals surface area contributed by atoms with Crippen LogP contribution in [0.4, 0.5) is 0 Å². The van der Waals surface area contributed by atoms with Gasteiger partial charge in [0.25, 0.3) is 5.91 Å². The van der Waals surface area contributed by atoms with Crippen LogP contribution in [0.3, 0.4) is 0 Å². The Bertz CT molecular complexity index is 720.